The van der Waals surface area contributed by atoms with E-state index >= 15 is 0 Å². The molecule has 2 N–H and O–H groups in total. The lowest BCUT2D eigenvalue weighted by atomic mass is 10.1. The third-order valence-electron chi connectivity index (χ3n) is 3.39. The second kappa shape index (κ2) is 4.20. The number of anilines is 1. The van der Waals surface area contributed by atoms with E-state index < -0.39 is 0 Å². The first kappa shape index (κ1) is 11.6. The van der Waals surface area contributed by atoms with E-state index in [4.69, 9.17) is 10.5 Å². The molecule has 92 valence electrons. The van der Waals surface area contributed by atoms with Gasteiger partial charge in [-0.15, -0.1) is 0 Å². The van der Waals surface area contributed by atoms with Gasteiger partial charge in [0.15, 0.2) is 0 Å². The van der Waals surface area contributed by atoms with Crippen molar-refractivity contribution < 1.29 is 4.74 Å². The number of methoxy groups -OCH3 is 1. The van der Waals surface area contributed by atoms with Crippen LogP contribution in [0.25, 0.3) is 5.70 Å². The number of ether oxygens (including phenoxy) is 1. The van der Waals surface area contributed by atoms with Crippen molar-refractivity contribution >= 4 is 11.4 Å². The molecule has 2 rings (SSSR count). The monoisotopic (exact) mass is 233 g/mol. The van der Waals surface area contributed by atoms with Gasteiger partial charge in [0, 0.05) is 25.9 Å². The van der Waals surface area contributed by atoms with E-state index in [1.54, 1.807) is 7.11 Å². The Labute approximate surface area is 102 Å². The lowest BCUT2D eigenvalue weighted by molar-refractivity contribution is 0.233. The number of nitrogens with two attached hydrogens (primary N) is 1. The van der Waals surface area contributed by atoms with Crippen molar-refractivity contribution in [2.45, 2.75) is 13.1 Å². The lowest BCUT2D eigenvalue weighted by Crippen LogP contribution is -2.31. The summed E-state index contributed by atoms with van der Waals surface area (Å²) in [5.41, 5.74) is 8.78. The predicted molar refractivity (Wildman–Crippen MR) is 70.4 cm³/mol. The van der Waals surface area contributed by atoms with Crippen LogP contribution in [-0.2, 0) is 0 Å². The molecule has 1 unspecified atom stereocenters. The Morgan fingerprint density at radius 2 is 2.00 bits per heavy atom. The predicted octanol–water partition coefficient (Wildman–Crippen LogP) is 1.80. The van der Waals surface area contributed by atoms with E-state index in [1.807, 2.05) is 18.2 Å². The number of hydrogen-bond donors (Lipinski definition) is 1. The molecule has 17 heavy (non-hydrogen) atoms. The molecule has 0 amide bonds. The van der Waals surface area contributed by atoms with E-state index in [0.717, 1.165) is 11.3 Å². The molecule has 1 aliphatic rings. The van der Waals surface area contributed by atoms with Gasteiger partial charge in [-0.2, -0.15) is 0 Å². The first-order valence-corrected chi connectivity index (χ1v) is 5.65. The van der Waals surface area contributed by atoms with Crippen LogP contribution in [0.4, 0.5) is 5.69 Å². The van der Waals surface area contributed by atoms with Gasteiger partial charge in [0.1, 0.15) is 5.75 Å². The molecule has 1 aromatic rings. The van der Waals surface area contributed by atoms with Crippen molar-refractivity contribution in [3.05, 3.63) is 30.0 Å². The maximum Gasteiger partial charge on any atom is 0.142 e. The maximum absolute atomic E-state index is 5.82. The Bertz CT molecular complexity index is 456. The summed E-state index contributed by atoms with van der Waals surface area (Å²) >= 11 is 0. The molecular formula is C13H19N3O. The summed E-state index contributed by atoms with van der Waals surface area (Å²) in [7, 11) is 5.79. The van der Waals surface area contributed by atoms with Gasteiger partial charge in [0.05, 0.1) is 24.7 Å². The SMILES string of the molecule is COc1cc(C2=CN(C)C(C)N2C)ccc1N. The summed E-state index contributed by atoms with van der Waals surface area (Å²) in [6.07, 6.45) is 2.50. The number of hydrogen-bond acceptors (Lipinski definition) is 4. The maximum atomic E-state index is 5.82. The van der Waals surface area contributed by atoms with E-state index in [0.29, 0.717) is 11.9 Å². The van der Waals surface area contributed by atoms with Gasteiger partial charge in [-0.3, -0.25) is 0 Å². The molecule has 4 heteroatoms. The van der Waals surface area contributed by atoms with Crippen LogP contribution in [0.15, 0.2) is 24.4 Å². The molecule has 0 bridgehead atoms. The van der Waals surface area contributed by atoms with Gasteiger partial charge in [0.2, 0.25) is 0 Å². The lowest BCUT2D eigenvalue weighted by Gasteiger charge is -2.25. The number of nitrogen functional groups attached to an aromatic ring is 1. The largest absolute Gasteiger partial charge is 0.495 e. The molecule has 1 heterocycles. The van der Waals surface area contributed by atoms with Crippen LogP contribution in [0.1, 0.15) is 12.5 Å². The van der Waals surface area contributed by atoms with Gasteiger partial charge in [-0.05, 0) is 19.1 Å². The highest BCUT2D eigenvalue weighted by atomic mass is 16.5. The van der Waals surface area contributed by atoms with E-state index in [2.05, 4.69) is 37.0 Å². The Balaban J connectivity index is 2.38. The average molecular weight is 233 g/mol. The van der Waals surface area contributed by atoms with Crippen molar-refractivity contribution in [1.82, 2.24) is 9.80 Å². The van der Waals surface area contributed by atoms with Gasteiger partial charge >= 0.3 is 0 Å². The van der Waals surface area contributed by atoms with Crippen molar-refractivity contribution in [1.29, 1.82) is 0 Å². The molecule has 1 atom stereocenters. The molecule has 0 aromatic heterocycles. The first-order valence-electron chi connectivity index (χ1n) is 5.65. The van der Waals surface area contributed by atoms with Crippen LogP contribution in [0.3, 0.4) is 0 Å². The molecule has 0 spiro atoms. The number of rotatable bonds is 2. The number of benzene rings is 1. The Morgan fingerprint density at radius 3 is 2.53 bits per heavy atom. The Morgan fingerprint density at radius 1 is 1.29 bits per heavy atom. The minimum absolute atomic E-state index is 0.369. The van der Waals surface area contributed by atoms with E-state index in [-0.39, 0.29) is 0 Å². The summed E-state index contributed by atoms with van der Waals surface area (Å²) in [6, 6.07) is 5.88. The molecular weight excluding hydrogens is 214 g/mol. The molecule has 0 aliphatic carbocycles. The topological polar surface area (TPSA) is 41.7 Å². The van der Waals surface area contributed by atoms with E-state index in [9.17, 15) is 0 Å². The highest BCUT2D eigenvalue weighted by Gasteiger charge is 2.24. The fraction of sp³-hybridized carbons (Fsp3) is 0.385. The van der Waals surface area contributed by atoms with Crippen molar-refractivity contribution in [2.75, 3.05) is 26.9 Å². The average Bonchev–Trinajstić information content (AvgIpc) is 2.58. The molecule has 1 aromatic carbocycles. The Kier molecular flexibility index (Phi) is 2.88. The minimum atomic E-state index is 0.369. The van der Waals surface area contributed by atoms with Crippen molar-refractivity contribution in [3.63, 3.8) is 0 Å². The second-order valence-electron chi connectivity index (χ2n) is 4.38. The molecule has 4 nitrogen and oxygen atoms in total. The fourth-order valence-electron chi connectivity index (χ4n) is 2.01. The zero-order valence-electron chi connectivity index (χ0n) is 10.8. The third kappa shape index (κ3) is 1.90. The summed E-state index contributed by atoms with van der Waals surface area (Å²) < 4.78 is 5.25. The fourth-order valence-corrected chi connectivity index (χ4v) is 2.01. The van der Waals surface area contributed by atoms with Gasteiger partial charge in [0.25, 0.3) is 0 Å². The van der Waals surface area contributed by atoms with Crippen LogP contribution in [-0.4, -0.2) is 37.2 Å². The standard InChI is InChI=1S/C13H19N3O/c1-9-15(2)8-12(16(9)3)10-5-6-11(14)13(7-10)17-4/h5-9H,14H2,1-4H3. The summed E-state index contributed by atoms with van der Waals surface area (Å²) in [4.78, 5) is 4.41. The molecule has 0 saturated heterocycles. The summed E-state index contributed by atoms with van der Waals surface area (Å²) in [6.45, 7) is 2.16. The van der Waals surface area contributed by atoms with Crippen LogP contribution in [0.2, 0.25) is 0 Å². The summed E-state index contributed by atoms with van der Waals surface area (Å²) in [5.74, 6) is 0.721. The zero-order valence-corrected chi connectivity index (χ0v) is 10.8. The molecule has 0 fully saturated rings. The number of nitrogens with zero attached hydrogens (tertiary/aromatic N) is 2. The smallest absolute Gasteiger partial charge is 0.142 e. The summed E-state index contributed by atoms with van der Waals surface area (Å²) in [5, 5.41) is 0. The van der Waals surface area contributed by atoms with Crippen LogP contribution in [0.5, 0.6) is 5.75 Å². The second-order valence-corrected chi connectivity index (χ2v) is 4.38. The third-order valence-corrected chi connectivity index (χ3v) is 3.39. The first-order chi connectivity index (χ1) is 8.04. The minimum Gasteiger partial charge on any atom is -0.495 e. The highest BCUT2D eigenvalue weighted by molar-refractivity contribution is 5.70. The van der Waals surface area contributed by atoms with Crippen molar-refractivity contribution in [2.24, 2.45) is 0 Å². The normalized spacial score (nSPS) is 19.5. The van der Waals surface area contributed by atoms with Crippen LogP contribution in [0, 0.1) is 0 Å². The zero-order chi connectivity index (χ0) is 12.6. The molecule has 0 radical (unpaired) electrons. The van der Waals surface area contributed by atoms with Crippen LogP contribution < -0.4 is 10.5 Å². The quantitative estimate of drug-likeness (QED) is 0.791. The van der Waals surface area contributed by atoms with Gasteiger partial charge < -0.3 is 20.3 Å². The molecule has 0 saturated carbocycles. The Hall–Kier alpha value is -1.84. The van der Waals surface area contributed by atoms with Crippen LogP contribution >= 0.6 is 0 Å². The van der Waals surface area contributed by atoms with Crippen molar-refractivity contribution in [3.8, 4) is 5.75 Å². The van der Waals surface area contributed by atoms with Gasteiger partial charge in [-0.25, -0.2) is 0 Å². The van der Waals surface area contributed by atoms with E-state index in [1.165, 1.54) is 5.70 Å². The molecule has 1 aliphatic heterocycles. The highest BCUT2D eigenvalue weighted by Crippen LogP contribution is 2.31. The van der Waals surface area contributed by atoms with Gasteiger partial charge in [-0.1, -0.05) is 6.07 Å².